The summed E-state index contributed by atoms with van der Waals surface area (Å²) >= 11 is 6.65. The first kappa shape index (κ1) is 24.7. The first-order valence-corrected chi connectivity index (χ1v) is 10.6. The number of amides is 1. The average molecular weight is 562 g/mol. The summed E-state index contributed by atoms with van der Waals surface area (Å²) in [5.74, 6) is -1.21. The third kappa shape index (κ3) is 6.47. The zero-order valence-corrected chi connectivity index (χ0v) is 20.0. The van der Waals surface area contributed by atoms with Crippen molar-refractivity contribution in [2.75, 3.05) is 12.4 Å². The molecule has 2 aromatic rings. The largest absolute Gasteiger partial charge is 0.467 e. The minimum absolute atomic E-state index is 0.0568. The Kier molecular flexibility index (Phi) is 8.52. The van der Waals surface area contributed by atoms with Crippen molar-refractivity contribution in [1.29, 1.82) is 0 Å². The normalized spacial score (nSPS) is 11.7. The van der Waals surface area contributed by atoms with Gasteiger partial charge in [-0.3, -0.25) is 14.9 Å². The van der Waals surface area contributed by atoms with Gasteiger partial charge in [0, 0.05) is 12.3 Å². The van der Waals surface area contributed by atoms with Gasteiger partial charge in [0.15, 0.2) is 5.75 Å². The van der Waals surface area contributed by atoms with Crippen LogP contribution in [0.3, 0.4) is 0 Å². The van der Waals surface area contributed by atoms with Gasteiger partial charge >= 0.3 is 5.97 Å². The number of nitro benzene ring substituents is 1. The average Bonchev–Trinajstić information content (AvgIpc) is 2.70. The maximum absolute atomic E-state index is 13.9. The number of hydrogen-bond acceptors (Lipinski definition) is 6. The number of carbonyl (C=O) groups is 2. The van der Waals surface area contributed by atoms with E-state index in [-0.39, 0.29) is 35.4 Å². The van der Waals surface area contributed by atoms with Crippen LogP contribution in [0.2, 0.25) is 0 Å². The molecule has 1 unspecified atom stereocenters. The van der Waals surface area contributed by atoms with Crippen molar-refractivity contribution < 1.29 is 28.4 Å². The number of hydrogen-bond donors (Lipinski definition) is 1. The predicted octanol–water partition coefficient (Wildman–Crippen LogP) is 5.56. The molecule has 11 heteroatoms. The molecule has 0 saturated heterocycles. The van der Waals surface area contributed by atoms with Gasteiger partial charge in [0.05, 0.1) is 27.0 Å². The lowest BCUT2D eigenvalue weighted by Gasteiger charge is -2.14. The molecule has 31 heavy (non-hydrogen) atoms. The highest BCUT2D eigenvalue weighted by Crippen LogP contribution is 2.40. The van der Waals surface area contributed by atoms with Crippen LogP contribution in [-0.2, 0) is 20.7 Å². The Morgan fingerprint density at radius 3 is 2.32 bits per heavy atom. The van der Waals surface area contributed by atoms with E-state index < -0.39 is 17.1 Å². The number of anilines is 1. The summed E-state index contributed by atoms with van der Waals surface area (Å²) in [6.45, 7) is 3.35. The predicted molar refractivity (Wildman–Crippen MR) is 119 cm³/mol. The Labute approximate surface area is 194 Å². The highest BCUT2D eigenvalue weighted by Gasteiger charge is 2.22. The molecule has 0 radical (unpaired) electrons. The lowest BCUT2D eigenvalue weighted by molar-refractivity contribution is -0.384. The zero-order chi connectivity index (χ0) is 23.3. The van der Waals surface area contributed by atoms with Crippen LogP contribution in [0.1, 0.15) is 19.4 Å². The molecule has 1 N–H and O–H groups in total. The Morgan fingerprint density at radius 1 is 1.19 bits per heavy atom. The van der Waals surface area contributed by atoms with E-state index in [1.807, 2.05) is 0 Å². The highest BCUT2D eigenvalue weighted by molar-refractivity contribution is 9.11. The Hall–Kier alpha value is -2.53. The molecule has 2 rings (SSSR count). The van der Waals surface area contributed by atoms with Crippen LogP contribution >= 0.6 is 31.9 Å². The zero-order valence-electron chi connectivity index (χ0n) is 16.8. The molecule has 1 amide bonds. The van der Waals surface area contributed by atoms with Crippen LogP contribution in [0.15, 0.2) is 39.3 Å². The van der Waals surface area contributed by atoms with Gasteiger partial charge in [-0.05, 0) is 61.7 Å². The number of nitrogens with one attached hydrogen (secondary N) is 1. The number of benzene rings is 2. The second-order valence-electron chi connectivity index (χ2n) is 6.77. The molecule has 0 saturated carbocycles. The summed E-state index contributed by atoms with van der Waals surface area (Å²) < 4.78 is 24.9. The molecule has 0 spiro atoms. The number of esters is 1. The minimum Gasteiger partial charge on any atom is -0.467 e. The molecular weight excluding hydrogens is 543 g/mol. The molecular formula is C20H19Br2FN2O6. The van der Waals surface area contributed by atoms with Gasteiger partial charge in [0.2, 0.25) is 12.1 Å². The fraction of sp³-hybridized carbons (Fsp3) is 0.300. The number of rotatable bonds is 8. The number of alkyl halides is 1. The van der Waals surface area contributed by atoms with Gasteiger partial charge in [0.25, 0.3) is 5.69 Å². The Morgan fingerprint density at radius 2 is 1.81 bits per heavy atom. The Bertz CT molecular complexity index is 992. The summed E-state index contributed by atoms with van der Waals surface area (Å²) in [6, 6.07) is 7.19. The summed E-state index contributed by atoms with van der Waals surface area (Å²) in [5.41, 5.74) is 0.233. The molecule has 0 bridgehead atoms. The first-order chi connectivity index (χ1) is 14.5. The molecule has 0 aliphatic carbocycles. The van der Waals surface area contributed by atoms with Crippen molar-refractivity contribution in [3.63, 3.8) is 0 Å². The third-order valence-electron chi connectivity index (χ3n) is 4.10. The second-order valence-corrected chi connectivity index (χ2v) is 8.47. The van der Waals surface area contributed by atoms with Crippen LogP contribution in [0.25, 0.3) is 0 Å². The quantitative estimate of drug-likeness (QED) is 0.257. The van der Waals surface area contributed by atoms with Crippen molar-refractivity contribution >= 4 is 55.1 Å². The van der Waals surface area contributed by atoms with Crippen molar-refractivity contribution in [3.05, 3.63) is 55.0 Å². The third-order valence-corrected chi connectivity index (χ3v) is 5.28. The van der Waals surface area contributed by atoms with E-state index in [0.29, 0.717) is 20.3 Å². The minimum atomic E-state index is -1.81. The summed E-state index contributed by atoms with van der Waals surface area (Å²) in [4.78, 5) is 34.0. The van der Waals surface area contributed by atoms with Crippen molar-refractivity contribution in [1.82, 2.24) is 0 Å². The number of carbonyl (C=O) groups excluding carboxylic acids is 2. The van der Waals surface area contributed by atoms with Gasteiger partial charge < -0.3 is 14.8 Å². The smallest absolute Gasteiger partial charge is 0.340 e. The summed E-state index contributed by atoms with van der Waals surface area (Å²) in [5, 5.41) is 14.0. The van der Waals surface area contributed by atoms with Crippen molar-refractivity contribution in [2.45, 2.75) is 26.4 Å². The van der Waals surface area contributed by atoms with E-state index in [2.05, 4.69) is 41.9 Å². The van der Waals surface area contributed by atoms with Crippen LogP contribution in [0.5, 0.6) is 11.5 Å². The van der Waals surface area contributed by atoms with E-state index >= 15 is 0 Å². The van der Waals surface area contributed by atoms with Gasteiger partial charge in [-0.2, -0.15) is 0 Å². The number of nitro groups is 1. The van der Waals surface area contributed by atoms with Gasteiger partial charge in [-0.25, -0.2) is 9.18 Å². The van der Waals surface area contributed by atoms with E-state index in [0.717, 1.165) is 7.11 Å². The topological polar surface area (TPSA) is 108 Å². The van der Waals surface area contributed by atoms with Crippen molar-refractivity contribution in [2.24, 2.45) is 5.92 Å². The van der Waals surface area contributed by atoms with Crippen LogP contribution in [-0.4, -0.2) is 30.1 Å². The molecule has 166 valence electrons. The number of nitrogens with zero attached hydrogens (tertiary/aromatic N) is 1. The second kappa shape index (κ2) is 10.7. The van der Waals surface area contributed by atoms with Crippen LogP contribution in [0.4, 0.5) is 15.8 Å². The molecule has 0 aliphatic rings. The number of methoxy groups -OCH3 is 1. The van der Waals surface area contributed by atoms with E-state index in [1.165, 1.54) is 18.2 Å². The molecule has 8 nitrogen and oxygen atoms in total. The van der Waals surface area contributed by atoms with E-state index in [4.69, 9.17) is 4.74 Å². The molecule has 1 atom stereocenters. The van der Waals surface area contributed by atoms with Crippen LogP contribution in [0, 0.1) is 16.0 Å². The lowest BCUT2D eigenvalue weighted by Crippen LogP contribution is -2.19. The maximum atomic E-state index is 13.9. The summed E-state index contributed by atoms with van der Waals surface area (Å²) in [6.07, 6.45) is -2.01. The standard InChI is InChI=1S/C20H19Br2FN2O6/c1-10(2)19(26)24-16-5-4-12(9-17(16)25(28)29)31-18-13(21)6-11(7-14(18)22)8-15(23)20(27)30-3/h4-7,9-10,15H,8H2,1-3H3,(H,24,26). The fourth-order valence-corrected chi connectivity index (χ4v) is 3.92. The molecule has 0 heterocycles. The van der Waals surface area contributed by atoms with E-state index in [1.54, 1.807) is 26.0 Å². The lowest BCUT2D eigenvalue weighted by atomic mass is 10.1. The van der Waals surface area contributed by atoms with Crippen LogP contribution < -0.4 is 10.1 Å². The monoisotopic (exact) mass is 560 g/mol. The first-order valence-electron chi connectivity index (χ1n) is 9.00. The number of ether oxygens (including phenoxy) is 2. The molecule has 0 aliphatic heterocycles. The fourth-order valence-electron chi connectivity index (χ4n) is 2.47. The van der Waals surface area contributed by atoms with Gasteiger partial charge in [-0.15, -0.1) is 0 Å². The maximum Gasteiger partial charge on any atom is 0.340 e. The Balaban J connectivity index is 2.29. The van der Waals surface area contributed by atoms with Gasteiger partial charge in [0.1, 0.15) is 11.4 Å². The van der Waals surface area contributed by atoms with Crippen molar-refractivity contribution in [3.8, 4) is 11.5 Å². The summed E-state index contributed by atoms with van der Waals surface area (Å²) in [7, 11) is 1.11. The molecule has 0 fully saturated rings. The SMILES string of the molecule is COC(=O)C(F)Cc1cc(Br)c(Oc2ccc(NC(=O)C(C)C)c([N+](=O)[O-])c2)c(Br)c1. The molecule has 2 aromatic carbocycles. The van der Waals surface area contributed by atoms with Gasteiger partial charge in [-0.1, -0.05) is 13.8 Å². The number of halogens is 3. The highest BCUT2D eigenvalue weighted by atomic mass is 79.9. The van der Waals surface area contributed by atoms with E-state index in [9.17, 15) is 24.1 Å². The molecule has 0 aromatic heterocycles.